The number of benzene rings is 1. The van der Waals surface area contributed by atoms with Crippen LogP contribution in [0.2, 0.25) is 0 Å². The van der Waals surface area contributed by atoms with Gasteiger partial charge < -0.3 is 9.30 Å². The Morgan fingerprint density at radius 3 is 2.53 bits per heavy atom. The summed E-state index contributed by atoms with van der Waals surface area (Å²) in [6.45, 7) is 7.04. The van der Waals surface area contributed by atoms with Gasteiger partial charge in [0.05, 0.1) is 16.9 Å². The molecule has 0 bridgehead atoms. The van der Waals surface area contributed by atoms with Gasteiger partial charge in [0, 0.05) is 18.3 Å². The van der Waals surface area contributed by atoms with Gasteiger partial charge in [0.25, 0.3) is 17.2 Å². The Labute approximate surface area is 204 Å². The molecule has 4 aromatic rings. The fourth-order valence-corrected chi connectivity index (χ4v) is 3.98. The second kappa shape index (κ2) is 9.53. The zero-order chi connectivity index (χ0) is 26.1. The van der Waals surface area contributed by atoms with E-state index in [4.69, 9.17) is 4.74 Å². The standard InChI is InChI=1S/C25H23N5O6/c1-5-36-25(33)18-13-17-21(26-20-15(4)9-8-12-28(20)24(17)32)29(14(2)3)22(18)27-23(31)16-10-6-7-11-19(16)30(34)35/h6-14H,5H2,1-4H3. The van der Waals surface area contributed by atoms with Gasteiger partial charge in [0.1, 0.15) is 22.4 Å². The molecule has 184 valence electrons. The van der Waals surface area contributed by atoms with Crippen molar-refractivity contribution in [1.82, 2.24) is 14.0 Å². The van der Waals surface area contributed by atoms with E-state index in [2.05, 4.69) is 9.98 Å². The number of aryl methyl sites for hydroxylation is 1. The molecular weight excluding hydrogens is 466 g/mol. The molecule has 0 fully saturated rings. The second-order valence-electron chi connectivity index (χ2n) is 8.30. The number of nitro benzene ring substituents is 1. The fourth-order valence-electron chi connectivity index (χ4n) is 3.98. The summed E-state index contributed by atoms with van der Waals surface area (Å²) < 4.78 is 8.07. The average Bonchev–Trinajstić information content (AvgIpc) is 2.84. The van der Waals surface area contributed by atoms with Crippen molar-refractivity contribution in [3.8, 4) is 0 Å². The van der Waals surface area contributed by atoms with Crippen molar-refractivity contribution in [2.24, 2.45) is 4.99 Å². The Hall–Kier alpha value is -4.67. The molecule has 3 aromatic heterocycles. The molecule has 0 saturated carbocycles. The Morgan fingerprint density at radius 1 is 1.14 bits per heavy atom. The van der Waals surface area contributed by atoms with Crippen molar-refractivity contribution in [1.29, 1.82) is 0 Å². The number of carbonyl (C=O) groups excluding carboxylic acids is 2. The third kappa shape index (κ3) is 4.15. The van der Waals surface area contributed by atoms with E-state index in [0.29, 0.717) is 5.65 Å². The Kier molecular flexibility index (Phi) is 6.47. The highest BCUT2D eigenvalue weighted by Crippen LogP contribution is 2.20. The number of hydrogen-bond donors (Lipinski definition) is 0. The molecule has 4 rings (SSSR count). The average molecular weight is 489 g/mol. The number of nitrogens with zero attached hydrogens (tertiary/aromatic N) is 5. The van der Waals surface area contributed by atoms with Crippen LogP contribution in [0.4, 0.5) is 5.69 Å². The minimum atomic E-state index is -0.921. The molecule has 0 saturated heterocycles. The maximum atomic E-state index is 13.4. The van der Waals surface area contributed by atoms with Crippen molar-refractivity contribution in [2.75, 3.05) is 6.61 Å². The van der Waals surface area contributed by atoms with Gasteiger partial charge in [0.2, 0.25) is 0 Å². The van der Waals surface area contributed by atoms with E-state index in [0.717, 1.165) is 5.56 Å². The van der Waals surface area contributed by atoms with Crippen molar-refractivity contribution in [3.63, 3.8) is 0 Å². The van der Waals surface area contributed by atoms with Crippen molar-refractivity contribution in [3.05, 3.63) is 91.3 Å². The number of fused-ring (bicyclic) bond motifs is 2. The Bertz CT molecular complexity index is 1680. The van der Waals surface area contributed by atoms with Gasteiger partial charge in [-0.1, -0.05) is 18.2 Å². The third-order valence-electron chi connectivity index (χ3n) is 5.60. The van der Waals surface area contributed by atoms with Crippen LogP contribution in [0.25, 0.3) is 16.7 Å². The topological polar surface area (TPSA) is 138 Å². The first-order valence-corrected chi connectivity index (χ1v) is 11.2. The van der Waals surface area contributed by atoms with Crippen LogP contribution in [0.15, 0.2) is 58.4 Å². The number of carbonyl (C=O) groups is 2. The lowest BCUT2D eigenvalue weighted by atomic mass is 10.1. The second-order valence-corrected chi connectivity index (χ2v) is 8.30. The summed E-state index contributed by atoms with van der Waals surface area (Å²) in [5, 5.41) is 11.6. The highest BCUT2D eigenvalue weighted by atomic mass is 16.6. The fraction of sp³-hybridized carbons (Fsp3) is 0.240. The summed E-state index contributed by atoms with van der Waals surface area (Å²) in [5.74, 6) is -1.72. The van der Waals surface area contributed by atoms with Crippen molar-refractivity contribution in [2.45, 2.75) is 33.7 Å². The summed E-state index contributed by atoms with van der Waals surface area (Å²) in [7, 11) is 0. The number of ether oxygens (including phenoxy) is 1. The van der Waals surface area contributed by atoms with Crippen LogP contribution < -0.4 is 11.0 Å². The van der Waals surface area contributed by atoms with Crippen molar-refractivity contribution < 1.29 is 19.2 Å². The quantitative estimate of drug-likeness (QED) is 0.181. The molecular formula is C25H23N5O6. The highest BCUT2D eigenvalue weighted by molar-refractivity contribution is 6.00. The minimum absolute atomic E-state index is 0.0459. The summed E-state index contributed by atoms with van der Waals surface area (Å²) in [6.07, 6.45) is 1.58. The van der Waals surface area contributed by atoms with Gasteiger partial charge in [0.15, 0.2) is 5.49 Å². The molecule has 0 aliphatic heterocycles. The lowest BCUT2D eigenvalue weighted by Crippen LogP contribution is -2.33. The number of para-hydroxylation sites is 1. The summed E-state index contributed by atoms with van der Waals surface area (Å²) in [5.41, 5.74) is 0.0658. The molecule has 11 nitrogen and oxygen atoms in total. The Balaban J connectivity index is 2.18. The van der Waals surface area contributed by atoms with Crippen LogP contribution in [0, 0.1) is 17.0 Å². The third-order valence-corrected chi connectivity index (χ3v) is 5.60. The molecule has 0 radical (unpaired) electrons. The zero-order valence-corrected chi connectivity index (χ0v) is 20.1. The predicted molar refractivity (Wildman–Crippen MR) is 131 cm³/mol. The number of nitro groups is 1. The number of esters is 1. The van der Waals surface area contributed by atoms with Crippen LogP contribution in [-0.2, 0) is 4.74 Å². The number of amides is 1. The lowest BCUT2D eigenvalue weighted by molar-refractivity contribution is -0.385. The lowest BCUT2D eigenvalue weighted by Gasteiger charge is -2.18. The molecule has 11 heteroatoms. The maximum Gasteiger partial charge on any atom is 0.341 e. The van der Waals surface area contributed by atoms with Crippen LogP contribution in [-0.4, -0.2) is 37.4 Å². The monoisotopic (exact) mass is 489 g/mol. The van der Waals surface area contributed by atoms with Crippen LogP contribution in [0.1, 0.15) is 53.1 Å². The van der Waals surface area contributed by atoms with E-state index in [1.807, 2.05) is 13.0 Å². The van der Waals surface area contributed by atoms with Gasteiger partial charge in [-0.15, -0.1) is 0 Å². The molecule has 3 heterocycles. The molecule has 0 spiro atoms. The summed E-state index contributed by atoms with van der Waals surface area (Å²) >= 11 is 0. The number of pyridine rings is 2. The summed E-state index contributed by atoms with van der Waals surface area (Å²) in [6, 6.07) is 9.84. The van der Waals surface area contributed by atoms with Gasteiger partial charge in [-0.05, 0) is 51.5 Å². The molecule has 0 aliphatic rings. The SMILES string of the molecule is CCOC(=O)c1cc2c(=O)n3cccc(C)c3nc2n(C(C)C)c1=NC(=O)c1ccccc1[N+](=O)[O-]. The van der Waals surface area contributed by atoms with E-state index in [9.17, 15) is 24.5 Å². The van der Waals surface area contributed by atoms with Gasteiger partial charge in [-0.25, -0.2) is 9.78 Å². The number of aromatic nitrogens is 3. The van der Waals surface area contributed by atoms with E-state index >= 15 is 0 Å². The Morgan fingerprint density at radius 2 is 1.86 bits per heavy atom. The van der Waals surface area contributed by atoms with Crippen LogP contribution >= 0.6 is 0 Å². The molecule has 1 aromatic carbocycles. The molecule has 0 unspecified atom stereocenters. The predicted octanol–water partition coefficient (Wildman–Crippen LogP) is 3.36. The zero-order valence-electron chi connectivity index (χ0n) is 20.1. The normalized spacial score (nSPS) is 11.9. The van der Waals surface area contributed by atoms with E-state index in [1.165, 1.54) is 39.3 Å². The molecule has 36 heavy (non-hydrogen) atoms. The number of rotatable bonds is 5. The van der Waals surface area contributed by atoms with Gasteiger partial charge in [-0.2, -0.15) is 4.99 Å². The molecule has 1 amide bonds. The first-order valence-electron chi connectivity index (χ1n) is 11.2. The van der Waals surface area contributed by atoms with E-state index in [-0.39, 0.29) is 34.3 Å². The first-order chi connectivity index (χ1) is 17.1. The van der Waals surface area contributed by atoms with E-state index < -0.39 is 34.1 Å². The van der Waals surface area contributed by atoms with Crippen molar-refractivity contribution >= 4 is 34.2 Å². The highest BCUT2D eigenvalue weighted by Gasteiger charge is 2.24. The maximum absolute atomic E-state index is 13.4. The molecule has 0 atom stereocenters. The van der Waals surface area contributed by atoms with Gasteiger partial charge in [-0.3, -0.25) is 24.1 Å². The van der Waals surface area contributed by atoms with Crippen LogP contribution in [0.3, 0.4) is 0 Å². The minimum Gasteiger partial charge on any atom is -0.462 e. The molecule has 0 aliphatic carbocycles. The summed E-state index contributed by atoms with van der Waals surface area (Å²) in [4.78, 5) is 59.2. The first kappa shape index (κ1) is 24.5. The largest absolute Gasteiger partial charge is 0.462 e. The number of hydrogen-bond acceptors (Lipinski definition) is 7. The smallest absolute Gasteiger partial charge is 0.341 e. The van der Waals surface area contributed by atoms with Crippen LogP contribution in [0.5, 0.6) is 0 Å². The molecule has 0 N–H and O–H groups in total. The van der Waals surface area contributed by atoms with Gasteiger partial charge >= 0.3 is 5.97 Å². The van der Waals surface area contributed by atoms with E-state index in [1.54, 1.807) is 33.0 Å².